The molecule has 0 amide bonds. The Kier molecular flexibility index (Phi) is 3.71. The van der Waals surface area contributed by atoms with Crippen LogP contribution < -0.4 is 4.74 Å². The Morgan fingerprint density at radius 1 is 1.21 bits per heavy atom. The van der Waals surface area contributed by atoms with Crippen LogP contribution in [-0.2, 0) is 16.6 Å². The first kappa shape index (κ1) is 14.1. The highest BCUT2D eigenvalue weighted by atomic mass is 16.5. The van der Waals surface area contributed by atoms with Crippen molar-refractivity contribution in [3.05, 3.63) is 29.3 Å². The highest BCUT2D eigenvalue weighted by Gasteiger charge is 2.26. The molecular formula is C17H24O2. The number of ketones is 1. The average Bonchev–Trinajstić information content (AvgIpc) is 2.33. The summed E-state index contributed by atoms with van der Waals surface area (Å²) >= 11 is 0. The summed E-state index contributed by atoms with van der Waals surface area (Å²) in [6.45, 7) is 10.9. The highest BCUT2D eigenvalue weighted by Crippen LogP contribution is 2.32. The number of rotatable bonds is 0. The lowest BCUT2D eigenvalue weighted by atomic mass is 9.83. The number of Topliss-reactive ketones (excluding diaryl/α,β-unsaturated/α-hetero) is 1. The lowest BCUT2D eigenvalue weighted by molar-refractivity contribution is -0.126. The van der Waals surface area contributed by atoms with E-state index in [1.54, 1.807) is 0 Å². The third-order valence-corrected chi connectivity index (χ3v) is 4.21. The Balaban J connectivity index is 2.37. The molecule has 1 aliphatic heterocycles. The largest absolute Gasteiger partial charge is 0.486 e. The molecule has 2 heteroatoms. The van der Waals surface area contributed by atoms with E-state index in [4.69, 9.17) is 4.74 Å². The molecule has 0 saturated heterocycles. The molecule has 0 radical (unpaired) electrons. The number of ether oxygens (including phenoxy) is 1. The summed E-state index contributed by atoms with van der Waals surface area (Å²) in [5.74, 6) is 1.55. The normalized spacial score (nSPS) is 24.2. The number of benzene rings is 1. The maximum Gasteiger partial charge on any atom is 0.173 e. The number of carbonyl (C=O) groups is 1. The molecule has 0 spiro atoms. The van der Waals surface area contributed by atoms with Crippen molar-refractivity contribution in [3.8, 4) is 5.75 Å². The number of hydrogen-bond donors (Lipinski definition) is 0. The van der Waals surface area contributed by atoms with Crippen molar-refractivity contribution in [2.75, 3.05) is 6.61 Å². The van der Waals surface area contributed by atoms with E-state index in [9.17, 15) is 4.79 Å². The van der Waals surface area contributed by atoms with Crippen molar-refractivity contribution < 1.29 is 9.53 Å². The molecule has 2 nitrogen and oxygen atoms in total. The molecule has 0 bridgehead atoms. The number of carbonyl (C=O) groups excluding carboxylic acids is 1. The minimum Gasteiger partial charge on any atom is -0.486 e. The molecule has 0 aromatic heterocycles. The SMILES string of the molecule is CC1Cc2ccc(C(C)(C)C)cc2OCC(=O)C1C. The van der Waals surface area contributed by atoms with Gasteiger partial charge in [-0.25, -0.2) is 0 Å². The quantitative estimate of drug-likeness (QED) is 0.710. The average molecular weight is 260 g/mol. The molecule has 19 heavy (non-hydrogen) atoms. The summed E-state index contributed by atoms with van der Waals surface area (Å²) in [6.07, 6.45) is 0.909. The Morgan fingerprint density at radius 3 is 2.53 bits per heavy atom. The summed E-state index contributed by atoms with van der Waals surface area (Å²) in [7, 11) is 0. The maximum absolute atomic E-state index is 11.9. The van der Waals surface area contributed by atoms with Crippen molar-refractivity contribution in [2.24, 2.45) is 11.8 Å². The van der Waals surface area contributed by atoms with E-state index in [1.165, 1.54) is 11.1 Å². The van der Waals surface area contributed by atoms with Gasteiger partial charge in [-0.2, -0.15) is 0 Å². The van der Waals surface area contributed by atoms with Gasteiger partial charge in [-0.15, -0.1) is 0 Å². The van der Waals surface area contributed by atoms with E-state index in [2.05, 4.69) is 45.9 Å². The highest BCUT2D eigenvalue weighted by molar-refractivity contribution is 5.82. The van der Waals surface area contributed by atoms with E-state index in [0.717, 1.165) is 12.2 Å². The first-order valence-corrected chi connectivity index (χ1v) is 7.08. The zero-order chi connectivity index (χ0) is 14.2. The molecule has 2 atom stereocenters. The molecule has 0 saturated carbocycles. The van der Waals surface area contributed by atoms with Gasteiger partial charge in [-0.3, -0.25) is 4.79 Å². The second-order valence-electron chi connectivity index (χ2n) is 6.80. The summed E-state index contributed by atoms with van der Waals surface area (Å²) in [5, 5.41) is 0. The van der Waals surface area contributed by atoms with Crippen LogP contribution >= 0.6 is 0 Å². The Morgan fingerprint density at radius 2 is 1.89 bits per heavy atom. The fourth-order valence-electron chi connectivity index (χ4n) is 2.45. The third-order valence-electron chi connectivity index (χ3n) is 4.21. The van der Waals surface area contributed by atoms with Crippen molar-refractivity contribution in [3.63, 3.8) is 0 Å². The molecule has 0 fully saturated rings. The van der Waals surface area contributed by atoms with Gasteiger partial charge in [-0.1, -0.05) is 46.8 Å². The van der Waals surface area contributed by atoms with Gasteiger partial charge in [0.05, 0.1) is 0 Å². The molecule has 2 unspecified atom stereocenters. The van der Waals surface area contributed by atoms with E-state index >= 15 is 0 Å². The molecule has 1 heterocycles. The van der Waals surface area contributed by atoms with Gasteiger partial charge in [0.25, 0.3) is 0 Å². The topological polar surface area (TPSA) is 26.3 Å². The zero-order valence-electron chi connectivity index (χ0n) is 12.6. The lowest BCUT2D eigenvalue weighted by Crippen LogP contribution is -2.28. The zero-order valence-corrected chi connectivity index (χ0v) is 12.6. The molecule has 2 rings (SSSR count). The van der Waals surface area contributed by atoms with Crippen LogP contribution in [0.3, 0.4) is 0 Å². The van der Waals surface area contributed by atoms with Gasteiger partial charge in [0.15, 0.2) is 5.78 Å². The first-order valence-electron chi connectivity index (χ1n) is 7.08. The van der Waals surface area contributed by atoms with E-state index in [-0.39, 0.29) is 23.7 Å². The maximum atomic E-state index is 11.9. The van der Waals surface area contributed by atoms with Crippen LogP contribution in [-0.4, -0.2) is 12.4 Å². The predicted octanol–water partition coefficient (Wildman–Crippen LogP) is 3.76. The predicted molar refractivity (Wildman–Crippen MR) is 77.7 cm³/mol. The van der Waals surface area contributed by atoms with Crippen LogP contribution in [0.15, 0.2) is 18.2 Å². The Bertz CT molecular complexity index is 483. The van der Waals surface area contributed by atoms with Crippen LogP contribution in [0.1, 0.15) is 45.7 Å². The van der Waals surface area contributed by atoms with Gasteiger partial charge in [0, 0.05) is 5.92 Å². The standard InChI is InChI=1S/C17H24O2/c1-11-8-13-6-7-14(17(3,4)5)9-16(13)19-10-15(18)12(11)2/h6-7,9,11-12H,8,10H2,1-5H3. The first-order chi connectivity index (χ1) is 8.79. The van der Waals surface area contributed by atoms with Gasteiger partial charge < -0.3 is 4.74 Å². The Hall–Kier alpha value is -1.31. The van der Waals surface area contributed by atoms with Gasteiger partial charge in [-0.05, 0) is 34.9 Å². The van der Waals surface area contributed by atoms with Crippen molar-refractivity contribution in [2.45, 2.75) is 46.5 Å². The second-order valence-corrected chi connectivity index (χ2v) is 6.80. The molecule has 1 aromatic rings. The monoisotopic (exact) mass is 260 g/mol. The van der Waals surface area contributed by atoms with E-state index < -0.39 is 0 Å². The third kappa shape index (κ3) is 2.99. The number of fused-ring (bicyclic) bond motifs is 1. The van der Waals surface area contributed by atoms with E-state index in [0.29, 0.717) is 5.92 Å². The van der Waals surface area contributed by atoms with Crippen LogP contribution in [0.2, 0.25) is 0 Å². The molecule has 0 aliphatic carbocycles. The van der Waals surface area contributed by atoms with Crippen LogP contribution in [0.5, 0.6) is 5.75 Å². The minimum atomic E-state index is 0.0791. The molecule has 1 aromatic carbocycles. The van der Waals surface area contributed by atoms with Gasteiger partial charge >= 0.3 is 0 Å². The summed E-state index contributed by atoms with van der Waals surface area (Å²) in [6, 6.07) is 6.45. The van der Waals surface area contributed by atoms with Gasteiger partial charge in [0.1, 0.15) is 12.4 Å². The van der Waals surface area contributed by atoms with Gasteiger partial charge in [0.2, 0.25) is 0 Å². The smallest absolute Gasteiger partial charge is 0.173 e. The fraction of sp³-hybridized carbons (Fsp3) is 0.588. The van der Waals surface area contributed by atoms with Crippen LogP contribution in [0.25, 0.3) is 0 Å². The molecular weight excluding hydrogens is 236 g/mol. The minimum absolute atomic E-state index is 0.0791. The summed E-state index contributed by atoms with van der Waals surface area (Å²) < 4.78 is 5.75. The summed E-state index contributed by atoms with van der Waals surface area (Å²) in [5.41, 5.74) is 2.57. The van der Waals surface area contributed by atoms with Crippen LogP contribution in [0, 0.1) is 11.8 Å². The van der Waals surface area contributed by atoms with Crippen molar-refractivity contribution in [1.29, 1.82) is 0 Å². The van der Waals surface area contributed by atoms with Crippen molar-refractivity contribution in [1.82, 2.24) is 0 Å². The number of hydrogen-bond acceptors (Lipinski definition) is 2. The second kappa shape index (κ2) is 4.99. The molecule has 0 N–H and O–H groups in total. The molecule has 104 valence electrons. The molecule has 1 aliphatic rings. The van der Waals surface area contributed by atoms with E-state index in [1.807, 2.05) is 6.92 Å². The Labute approximate surface area is 116 Å². The van der Waals surface area contributed by atoms with Crippen LogP contribution in [0.4, 0.5) is 0 Å². The lowest BCUT2D eigenvalue weighted by Gasteiger charge is -2.26. The summed E-state index contributed by atoms with van der Waals surface area (Å²) in [4.78, 5) is 11.9. The fourth-order valence-corrected chi connectivity index (χ4v) is 2.45. The van der Waals surface area contributed by atoms with Crippen molar-refractivity contribution >= 4 is 5.78 Å².